The van der Waals surface area contributed by atoms with Gasteiger partial charge in [-0.15, -0.1) is 11.3 Å². The Morgan fingerprint density at radius 2 is 2.04 bits per heavy atom. The van der Waals surface area contributed by atoms with Crippen molar-refractivity contribution in [2.24, 2.45) is 0 Å². The van der Waals surface area contributed by atoms with Crippen LogP contribution in [0.2, 0.25) is 0 Å². The van der Waals surface area contributed by atoms with E-state index in [0.717, 1.165) is 50.5 Å². The van der Waals surface area contributed by atoms with Crippen LogP contribution in [0, 0.1) is 0 Å². The summed E-state index contributed by atoms with van der Waals surface area (Å²) in [5.74, 6) is -0.208. The summed E-state index contributed by atoms with van der Waals surface area (Å²) in [6.45, 7) is 0. The first kappa shape index (κ1) is 16.4. The lowest BCUT2D eigenvalue weighted by Crippen LogP contribution is -1.96. The highest BCUT2D eigenvalue weighted by Gasteiger charge is 2.17. The third-order valence-corrected chi connectivity index (χ3v) is 5.15. The monoisotopic (exact) mass is 364 g/mol. The molecule has 0 saturated carbocycles. The number of aromatic nitrogens is 2. The van der Waals surface area contributed by atoms with Crippen molar-refractivity contribution in [3.05, 3.63) is 70.2 Å². The molecule has 0 saturated heterocycles. The van der Waals surface area contributed by atoms with E-state index in [-0.39, 0.29) is 5.01 Å². The third kappa shape index (κ3) is 2.95. The number of rotatable bonds is 5. The SMILES string of the molecule is COc1ccc2c(Cc3csc(C(=O)O)n3)c(-c3ccccc3)[nH]c2c1. The quantitative estimate of drug-likeness (QED) is 0.543. The third-order valence-electron chi connectivity index (χ3n) is 4.27. The molecule has 0 aliphatic carbocycles. The molecule has 0 amide bonds. The maximum Gasteiger partial charge on any atom is 0.365 e. The Morgan fingerprint density at radius 1 is 1.23 bits per heavy atom. The average molecular weight is 364 g/mol. The number of hydrogen-bond acceptors (Lipinski definition) is 4. The van der Waals surface area contributed by atoms with Crippen LogP contribution in [-0.2, 0) is 6.42 Å². The smallest absolute Gasteiger partial charge is 0.365 e. The van der Waals surface area contributed by atoms with Gasteiger partial charge in [0.25, 0.3) is 0 Å². The van der Waals surface area contributed by atoms with Crippen molar-refractivity contribution < 1.29 is 14.6 Å². The van der Waals surface area contributed by atoms with E-state index in [2.05, 4.69) is 22.1 Å². The van der Waals surface area contributed by atoms with Gasteiger partial charge in [-0.05, 0) is 23.3 Å². The number of carboxylic acid groups (broad SMARTS) is 1. The van der Waals surface area contributed by atoms with Crippen molar-refractivity contribution in [1.29, 1.82) is 0 Å². The van der Waals surface area contributed by atoms with Gasteiger partial charge in [-0.2, -0.15) is 0 Å². The molecule has 2 aromatic heterocycles. The molecule has 26 heavy (non-hydrogen) atoms. The lowest BCUT2D eigenvalue weighted by molar-refractivity contribution is 0.0696. The molecule has 6 heteroatoms. The fraction of sp³-hybridized carbons (Fsp3) is 0.100. The number of carbonyl (C=O) groups is 1. The van der Waals surface area contributed by atoms with Gasteiger partial charge in [0.2, 0.25) is 5.01 Å². The summed E-state index contributed by atoms with van der Waals surface area (Å²) in [6.07, 6.45) is 0.556. The maximum atomic E-state index is 11.1. The minimum Gasteiger partial charge on any atom is -0.497 e. The number of methoxy groups -OCH3 is 1. The molecule has 2 N–H and O–H groups in total. The minimum atomic E-state index is -0.992. The predicted octanol–water partition coefficient (Wildman–Crippen LogP) is 4.59. The largest absolute Gasteiger partial charge is 0.497 e. The molecule has 0 fully saturated rings. The zero-order valence-corrected chi connectivity index (χ0v) is 14.8. The lowest BCUT2D eigenvalue weighted by Gasteiger charge is -2.04. The highest BCUT2D eigenvalue weighted by atomic mass is 32.1. The van der Waals surface area contributed by atoms with Gasteiger partial charge in [-0.1, -0.05) is 30.3 Å². The van der Waals surface area contributed by atoms with Gasteiger partial charge in [-0.25, -0.2) is 9.78 Å². The van der Waals surface area contributed by atoms with Crippen LogP contribution in [0.3, 0.4) is 0 Å². The number of thiazole rings is 1. The molecule has 130 valence electrons. The summed E-state index contributed by atoms with van der Waals surface area (Å²) in [4.78, 5) is 18.8. The van der Waals surface area contributed by atoms with Crippen LogP contribution in [0.15, 0.2) is 53.9 Å². The Labute approximate surface area is 153 Å². The van der Waals surface area contributed by atoms with Gasteiger partial charge in [0.1, 0.15) is 5.75 Å². The van der Waals surface area contributed by atoms with E-state index in [1.54, 1.807) is 12.5 Å². The number of aromatic amines is 1. The van der Waals surface area contributed by atoms with E-state index in [1.807, 2.05) is 36.4 Å². The standard InChI is InChI=1S/C20H16N2O3S/c1-25-14-7-8-15-16(9-13-11-26-19(21-13)20(23)24)18(22-17(15)10-14)12-5-3-2-4-6-12/h2-8,10-11,22H,9H2,1H3,(H,23,24). The van der Waals surface area contributed by atoms with E-state index in [0.29, 0.717) is 6.42 Å². The first-order valence-electron chi connectivity index (χ1n) is 8.07. The molecule has 0 spiro atoms. The van der Waals surface area contributed by atoms with E-state index in [9.17, 15) is 4.79 Å². The second kappa shape index (κ2) is 6.65. The zero-order chi connectivity index (χ0) is 18.1. The fourth-order valence-electron chi connectivity index (χ4n) is 3.06. The van der Waals surface area contributed by atoms with Gasteiger partial charge in [0.15, 0.2) is 0 Å². The number of hydrogen-bond donors (Lipinski definition) is 2. The Morgan fingerprint density at radius 3 is 2.73 bits per heavy atom. The number of nitrogens with zero attached hydrogens (tertiary/aromatic N) is 1. The molecule has 0 bridgehead atoms. The minimum absolute atomic E-state index is 0.114. The normalized spacial score (nSPS) is 11.0. The number of H-pyrrole nitrogens is 1. The Kier molecular flexibility index (Phi) is 4.18. The zero-order valence-electron chi connectivity index (χ0n) is 14.0. The average Bonchev–Trinajstić information content (AvgIpc) is 3.27. The van der Waals surface area contributed by atoms with E-state index in [1.165, 1.54) is 0 Å². The molecule has 0 aliphatic heterocycles. The van der Waals surface area contributed by atoms with Crippen LogP contribution >= 0.6 is 11.3 Å². The number of nitrogens with one attached hydrogen (secondary N) is 1. The number of ether oxygens (including phenoxy) is 1. The summed E-state index contributed by atoms with van der Waals surface area (Å²) in [5.41, 5.74) is 4.91. The maximum absolute atomic E-state index is 11.1. The van der Waals surface area contributed by atoms with Crippen molar-refractivity contribution in [3.63, 3.8) is 0 Å². The predicted molar refractivity (Wildman–Crippen MR) is 102 cm³/mol. The summed E-state index contributed by atoms with van der Waals surface area (Å²) in [5, 5.41) is 12.1. The molecule has 4 rings (SSSR count). The summed E-state index contributed by atoms with van der Waals surface area (Å²) in [7, 11) is 1.64. The van der Waals surface area contributed by atoms with Crippen LogP contribution in [0.5, 0.6) is 5.75 Å². The van der Waals surface area contributed by atoms with Crippen molar-refractivity contribution in [2.45, 2.75) is 6.42 Å². The van der Waals surface area contributed by atoms with Crippen molar-refractivity contribution >= 4 is 28.2 Å². The van der Waals surface area contributed by atoms with Crippen LogP contribution < -0.4 is 4.74 Å². The molecule has 5 nitrogen and oxygen atoms in total. The first-order chi connectivity index (χ1) is 12.7. The molecular formula is C20H16N2O3S. The van der Waals surface area contributed by atoms with E-state index in [4.69, 9.17) is 9.84 Å². The summed E-state index contributed by atoms with van der Waals surface area (Å²) >= 11 is 1.15. The van der Waals surface area contributed by atoms with Crippen molar-refractivity contribution in [3.8, 4) is 17.0 Å². The van der Waals surface area contributed by atoms with E-state index < -0.39 is 5.97 Å². The highest BCUT2D eigenvalue weighted by molar-refractivity contribution is 7.11. The van der Waals surface area contributed by atoms with Crippen molar-refractivity contribution in [2.75, 3.05) is 7.11 Å². The van der Waals surface area contributed by atoms with Crippen LogP contribution in [0.25, 0.3) is 22.2 Å². The van der Waals surface area contributed by atoms with Gasteiger partial charge >= 0.3 is 5.97 Å². The molecule has 0 aliphatic rings. The fourth-order valence-corrected chi connectivity index (χ4v) is 3.72. The summed E-state index contributed by atoms with van der Waals surface area (Å²) < 4.78 is 5.33. The molecular weight excluding hydrogens is 348 g/mol. The molecule has 0 radical (unpaired) electrons. The summed E-state index contributed by atoms with van der Waals surface area (Å²) in [6, 6.07) is 16.0. The Bertz CT molecular complexity index is 1080. The Hall–Kier alpha value is -3.12. The number of carboxylic acids is 1. The number of aromatic carboxylic acids is 1. The van der Waals surface area contributed by atoms with Gasteiger partial charge < -0.3 is 14.8 Å². The van der Waals surface area contributed by atoms with Crippen LogP contribution in [0.1, 0.15) is 21.1 Å². The van der Waals surface area contributed by atoms with Crippen molar-refractivity contribution in [1.82, 2.24) is 9.97 Å². The van der Waals surface area contributed by atoms with Gasteiger partial charge in [0, 0.05) is 28.8 Å². The number of benzene rings is 2. The topological polar surface area (TPSA) is 75.2 Å². The second-order valence-corrected chi connectivity index (χ2v) is 6.74. The molecule has 0 unspecified atom stereocenters. The second-order valence-electron chi connectivity index (χ2n) is 5.88. The van der Waals surface area contributed by atoms with Gasteiger partial charge in [0.05, 0.1) is 18.5 Å². The molecule has 2 heterocycles. The first-order valence-corrected chi connectivity index (χ1v) is 8.95. The highest BCUT2D eigenvalue weighted by Crippen LogP contribution is 2.34. The molecule has 0 atom stereocenters. The van der Waals surface area contributed by atoms with Gasteiger partial charge in [-0.3, -0.25) is 0 Å². The number of fused-ring (bicyclic) bond motifs is 1. The van der Waals surface area contributed by atoms with Crippen LogP contribution in [0.4, 0.5) is 0 Å². The molecule has 2 aromatic carbocycles. The van der Waals surface area contributed by atoms with E-state index >= 15 is 0 Å². The lowest BCUT2D eigenvalue weighted by atomic mass is 10.0. The van der Waals surface area contributed by atoms with Crippen LogP contribution in [-0.4, -0.2) is 28.2 Å². The molecule has 4 aromatic rings. The Balaban J connectivity index is 1.85.